The first-order valence-corrected chi connectivity index (χ1v) is 5.70. The zero-order chi connectivity index (χ0) is 12.1. The Kier molecular flexibility index (Phi) is 7.10. The molecule has 0 unspecified atom stereocenters. The second kappa shape index (κ2) is 7.47. The van der Waals surface area contributed by atoms with Crippen LogP contribution in [-0.2, 0) is 11.8 Å². The fourth-order valence-electron chi connectivity index (χ4n) is 1.23. The van der Waals surface area contributed by atoms with Gasteiger partial charge in [-0.2, -0.15) is 0 Å². The third-order valence-electron chi connectivity index (χ3n) is 2.03. The van der Waals surface area contributed by atoms with E-state index in [1.807, 2.05) is 0 Å². The van der Waals surface area contributed by atoms with Crippen LogP contribution in [0.3, 0.4) is 0 Å². The maximum atomic E-state index is 11.4. The van der Waals surface area contributed by atoms with Crippen molar-refractivity contribution in [1.82, 2.24) is 4.57 Å². The molecule has 0 bridgehead atoms. The summed E-state index contributed by atoms with van der Waals surface area (Å²) in [6.07, 6.45) is 2.61. The first-order valence-electron chi connectivity index (χ1n) is 4.90. The normalized spacial score (nSPS) is 9.59. The van der Waals surface area contributed by atoms with Crippen LogP contribution in [0.5, 0.6) is 0 Å². The van der Waals surface area contributed by atoms with Crippen molar-refractivity contribution >= 4 is 39.9 Å². The second-order valence-electron chi connectivity index (χ2n) is 3.43. The number of aromatic nitrogens is 1. The van der Waals surface area contributed by atoms with Crippen LogP contribution in [0.25, 0.3) is 0 Å². The highest BCUT2D eigenvalue weighted by Crippen LogP contribution is 2.11. The van der Waals surface area contributed by atoms with Gasteiger partial charge in [-0.3, -0.25) is 9.59 Å². The molecule has 0 aliphatic carbocycles. The number of rotatable bonds is 4. The van der Waals surface area contributed by atoms with Crippen LogP contribution in [0.15, 0.2) is 21.5 Å². The molecule has 0 fully saturated rings. The van der Waals surface area contributed by atoms with Gasteiger partial charge < -0.3 is 15.6 Å². The Balaban J connectivity index is 0.00000256. The van der Waals surface area contributed by atoms with E-state index in [-0.39, 0.29) is 23.9 Å². The average Bonchev–Trinajstić information content (AvgIpc) is 2.23. The highest BCUT2D eigenvalue weighted by molar-refractivity contribution is 9.10. The molecule has 0 spiro atoms. The smallest absolute Gasteiger partial charge is 0.264 e. The lowest BCUT2D eigenvalue weighted by Crippen LogP contribution is -2.19. The molecule has 0 aromatic carbocycles. The summed E-state index contributed by atoms with van der Waals surface area (Å²) < 4.78 is 1.83. The van der Waals surface area contributed by atoms with Crippen LogP contribution in [0.1, 0.15) is 12.8 Å². The van der Waals surface area contributed by atoms with E-state index >= 15 is 0 Å². The molecular weight excluding hydrogens is 309 g/mol. The number of carbonyl (C=O) groups is 1. The topological polar surface area (TPSA) is 77.1 Å². The molecule has 0 aliphatic heterocycles. The zero-order valence-electron chi connectivity index (χ0n) is 9.40. The van der Waals surface area contributed by atoms with E-state index in [2.05, 4.69) is 21.2 Å². The Labute approximate surface area is 114 Å². The van der Waals surface area contributed by atoms with Crippen molar-refractivity contribution in [3.8, 4) is 0 Å². The molecule has 96 valence electrons. The van der Waals surface area contributed by atoms with Crippen molar-refractivity contribution < 1.29 is 4.79 Å². The van der Waals surface area contributed by atoms with Crippen molar-refractivity contribution in [3.63, 3.8) is 0 Å². The molecule has 7 heteroatoms. The van der Waals surface area contributed by atoms with Gasteiger partial charge in [0.25, 0.3) is 5.56 Å². The van der Waals surface area contributed by atoms with Gasteiger partial charge in [-0.1, -0.05) is 0 Å². The Bertz CT molecular complexity index is 421. The molecule has 0 atom stereocenters. The van der Waals surface area contributed by atoms with Crippen molar-refractivity contribution in [1.29, 1.82) is 0 Å². The first kappa shape index (κ1) is 16.1. The lowest BCUT2D eigenvalue weighted by atomic mass is 10.3. The fraction of sp³-hybridized carbons (Fsp3) is 0.400. The van der Waals surface area contributed by atoms with Gasteiger partial charge >= 0.3 is 0 Å². The van der Waals surface area contributed by atoms with Crippen LogP contribution in [0, 0.1) is 0 Å². The number of anilines is 1. The number of hydrogen-bond acceptors (Lipinski definition) is 3. The monoisotopic (exact) mass is 323 g/mol. The Hall–Kier alpha value is -0.850. The molecule has 1 amide bonds. The van der Waals surface area contributed by atoms with Gasteiger partial charge in [0.1, 0.15) is 0 Å². The molecule has 5 nitrogen and oxygen atoms in total. The van der Waals surface area contributed by atoms with Crippen molar-refractivity contribution in [2.45, 2.75) is 12.8 Å². The average molecular weight is 325 g/mol. The van der Waals surface area contributed by atoms with Gasteiger partial charge in [-0.15, -0.1) is 12.4 Å². The van der Waals surface area contributed by atoms with Crippen LogP contribution >= 0.6 is 28.3 Å². The quantitative estimate of drug-likeness (QED) is 0.875. The number of pyridine rings is 1. The van der Waals surface area contributed by atoms with E-state index in [9.17, 15) is 9.59 Å². The van der Waals surface area contributed by atoms with E-state index in [1.54, 1.807) is 19.3 Å². The van der Waals surface area contributed by atoms with Gasteiger partial charge in [-0.25, -0.2) is 0 Å². The number of nitrogens with zero attached hydrogens (tertiary/aromatic N) is 1. The fourth-order valence-corrected chi connectivity index (χ4v) is 1.75. The van der Waals surface area contributed by atoms with Gasteiger partial charge in [-0.05, 0) is 35.0 Å². The van der Waals surface area contributed by atoms with Gasteiger partial charge in [0, 0.05) is 19.7 Å². The predicted octanol–water partition coefficient (Wildman–Crippen LogP) is 1.25. The van der Waals surface area contributed by atoms with Crippen LogP contribution in [0.2, 0.25) is 0 Å². The number of carbonyl (C=O) groups excluding carboxylic acids is 1. The summed E-state index contributed by atoms with van der Waals surface area (Å²) in [4.78, 5) is 22.8. The summed E-state index contributed by atoms with van der Waals surface area (Å²) in [7, 11) is 1.63. The molecule has 0 saturated carbocycles. The lowest BCUT2D eigenvalue weighted by molar-refractivity contribution is -0.116. The zero-order valence-corrected chi connectivity index (χ0v) is 11.8. The summed E-state index contributed by atoms with van der Waals surface area (Å²) in [6, 6.07) is 1.59. The highest BCUT2D eigenvalue weighted by Gasteiger charge is 2.05. The maximum Gasteiger partial charge on any atom is 0.264 e. The molecule has 1 aromatic heterocycles. The third-order valence-corrected chi connectivity index (χ3v) is 2.60. The standard InChI is InChI=1S/C10H14BrN3O2.ClH/c1-14-6-7(5-8(11)10(14)16)13-9(15)3-2-4-12;/h5-6H,2-4,12H2,1H3,(H,13,15);1H. The molecule has 1 heterocycles. The highest BCUT2D eigenvalue weighted by atomic mass is 79.9. The van der Waals surface area contributed by atoms with Gasteiger partial charge in [0.15, 0.2) is 0 Å². The molecule has 1 rings (SSSR count). The number of hydrogen-bond donors (Lipinski definition) is 2. The summed E-state index contributed by atoms with van der Waals surface area (Å²) in [5, 5.41) is 2.70. The lowest BCUT2D eigenvalue weighted by Gasteiger charge is -2.07. The summed E-state index contributed by atoms with van der Waals surface area (Å²) in [6.45, 7) is 0.490. The van der Waals surface area contributed by atoms with Crippen molar-refractivity contribution in [2.75, 3.05) is 11.9 Å². The molecule has 3 N–H and O–H groups in total. The number of nitrogens with two attached hydrogens (primary N) is 1. The van der Waals surface area contributed by atoms with Gasteiger partial charge in [0.05, 0.1) is 10.2 Å². The molecular formula is C10H15BrClN3O2. The summed E-state index contributed by atoms with van der Waals surface area (Å²) in [5.41, 5.74) is 5.76. The summed E-state index contributed by atoms with van der Waals surface area (Å²) in [5.74, 6) is -0.101. The number of aryl methyl sites for hydroxylation is 1. The SMILES string of the molecule is Cl.Cn1cc(NC(=O)CCCN)cc(Br)c1=O. The van der Waals surface area contributed by atoms with Crippen LogP contribution < -0.4 is 16.6 Å². The first-order chi connectivity index (χ1) is 7.54. The number of halogens is 2. The van der Waals surface area contributed by atoms with E-state index < -0.39 is 0 Å². The maximum absolute atomic E-state index is 11.4. The Morgan fingerprint density at radius 3 is 2.76 bits per heavy atom. The molecule has 0 saturated heterocycles. The minimum Gasteiger partial charge on any atom is -0.330 e. The van der Waals surface area contributed by atoms with Crippen molar-refractivity contribution in [2.24, 2.45) is 12.8 Å². The second-order valence-corrected chi connectivity index (χ2v) is 4.29. The van der Waals surface area contributed by atoms with Crippen molar-refractivity contribution in [3.05, 3.63) is 27.1 Å². The van der Waals surface area contributed by atoms with E-state index in [0.717, 1.165) is 0 Å². The van der Waals surface area contributed by atoms with Crippen LogP contribution in [0.4, 0.5) is 5.69 Å². The van der Waals surface area contributed by atoms with Gasteiger partial charge in [0.2, 0.25) is 5.91 Å². The summed E-state index contributed by atoms with van der Waals surface area (Å²) >= 11 is 3.13. The number of amides is 1. The van der Waals surface area contributed by atoms with E-state index in [4.69, 9.17) is 5.73 Å². The van der Waals surface area contributed by atoms with E-state index in [0.29, 0.717) is 29.5 Å². The molecule has 0 radical (unpaired) electrons. The van der Waals surface area contributed by atoms with Crippen LogP contribution in [-0.4, -0.2) is 17.0 Å². The number of nitrogens with one attached hydrogen (secondary N) is 1. The Morgan fingerprint density at radius 2 is 2.24 bits per heavy atom. The third kappa shape index (κ3) is 4.89. The minimum absolute atomic E-state index is 0. The van der Waals surface area contributed by atoms with E-state index in [1.165, 1.54) is 4.57 Å². The molecule has 0 aliphatic rings. The Morgan fingerprint density at radius 1 is 1.59 bits per heavy atom. The minimum atomic E-state index is -0.139. The predicted molar refractivity (Wildman–Crippen MR) is 73.5 cm³/mol. The molecule has 1 aromatic rings. The largest absolute Gasteiger partial charge is 0.330 e. The molecule has 17 heavy (non-hydrogen) atoms.